The maximum atomic E-state index is 13.3. The van der Waals surface area contributed by atoms with Crippen LogP contribution >= 0.6 is 0 Å². The van der Waals surface area contributed by atoms with Gasteiger partial charge in [0.05, 0.1) is 10.9 Å². The summed E-state index contributed by atoms with van der Waals surface area (Å²) >= 11 is 0. The van der Waals surface area contributed by atoms with Gasteiger partial charge in [0, 0.05) is 12.4 Å². The van der Waals surface area contributed by atoms with Crippen molar-refractivity contribution in [3.63, 3.8) is 0 Å². The predicted octanol–water partition coefficient (Wildman–Crippen LogP) is 5.78. The van der Waals surface area contributed by atoms with Gasteiger partial charge in [0.1, 0.15) is 29.1 Å². The third-order valence-corrected chi connectivity index (χ3v) is 5.01. The lowest BCUT2D eigenvalue weighted by atomic mass is 10.2. The van der Waals surface area contributed by atoms with Gasteiger partial charge in [0.2, 0.25) is 11.8 Å². The average Bonchev–Trinajstić information content (AvgIpc) is 2.85. The molecule has 0 saturated heterocycles. The van der Waals surface area contributed by atoms with E-state index in [1.54, 1.807) is 41.1 Å². The molecule has 7 nitrogen and oxygen atoms in total. The molecular weight excluding hydrogens is 461 g/mol. The summed E-state index contributed by atoms with van der Waals surface area (Å²) in [7, 11) is 0. The van der Waals surface area contributed by atoms with E-state index < -0.39 is 23.2 Å². The lowest BCUT2D eigenvalue weighted by Gasteiger charge is -2.15. The topological polar surface area (TPSA) is 79.1 Å². The molecule has 0 aliphatic rings. The molecule has 0 unspecified atom stereocenters. The lowest BCUT2D eigenvalue weighted by Crippen LogP contribution is -2.12. The zero-order valence-corrected chi connectivity index (χ0v) is 17.8. The third-order valence-electron chi connectivity index (χ3n) is 5.01. The van der Waals surface area contributed by atoms with Crippen LogP contribution in [0.3, 0.4) is 0 Å². The van der Waals surface area contributed by atoms with Crippen LogP contribution in [0, 0.1) is 0 Å². The molecule has 2 aromatic carbocycles. The first-order valence-corrected chi connectivity index (χ1v) is 10.3. The number of para-hydroxylation sites is 1. The molecule has 0 saturated carbocycles. The Balaban J connectivity index is 1.57. The SMILES string of the molecule is O=c1ncn(-c2cccnc2Oc2ccccc2)c2ccc(Oc3ncccc3C(F)(F)F)cc12. The highest BCUT2D eigenvalue weighted by Crippen LogP contribution is 2.37. The van der Waals surface area contributed by atoms with Crippen molar-refractivity contribution >= 4 is 10.9 Å². The quantitative estimate of drug-likeness (QED) is 0.320. The van der Waals surface area contributed by atoms with Crippen molar-refractivity contribution in [1.82, 2.24) is 19.5 Å². The number of fused-ring (bicyclic) bond motifs is 1. The number of hydrogen-bond donors (Lipinski definition) is 0. The Morgan fingerprint density at radius 1 is 0.743 bits per heavy atom. The summed E-state index contributed by atoms with van der Waals surface area (Å²) in [6, 6.07) is 18.8. The van der Waals surface area contributed by atoms with Crippen LogP contribution in [0.15, 0.2) is 96.3 Å². The summed E-state index contributed by atoms with van der Waals surface area (Å²) in [5.41, 5.74) is -0.665. The number of halogens is 3. The van der Waals surface area contributed by atoms with Gasteiger partial charge < -0.3 is 9.47 Å². The predicted molar refractivity (Wildman–Crippen MR) is 121 cm³/mol. The number of benzene rings is 2. The minimum atomic E-state index is -4.65. The highest BCUT2D eigenvalue weighted by Gasteiger charge is 2.35. The molecule has 5 aromatic rings. The minimum Gasteiger partial charge on any atom is -0.438 e. The molecule has 5 rings (SSSR count). The maximum absolute atomic E-state index is 13.3. The Morgan fingerprint density at radius 3 is 2.23 bits per heavy atom. The molecule has 174 valence electrons. The van der Waals surface area contributed by atoms with Gasteiger partial charge >= 0.3 is 6.18 Å². The zero-order valence-electron chi connectivity index (χ0n) is 17.8. The molecule has 0 N–H and O–H groups in total. The van der Waals surface area contributed by atoms with Crippen molar-refractivity contribution in [3.05, 3.63) is 107 Å². The summed E-state index contributed by atoms with van der Waals surface area (Å²) in [6.07, 6.45) is -0.557. The van der Waals surface area contributed by atoms with Crippen LogP contribution in [0.1, 0.15) is 5.56 Å². The van der Waals surface area contributed by atoms with Crippen molar-refractivity contribution in [1.29, 1.82) is 0 Å². The molecule has 0 fully saturated rings. The number of ether oxygens (including phenoxy) is 2. The maximum Gasteiger partial charge on any atom is 0.421 e. The first-order chi connectivity index (χ1) is 16.9. The fourth-order valence-corrected chi connectivity index (χ4v) is 3.44. The molecule has 0 spiro atoms. The van der Waals surface area contributed by atoms with E-state index in [1.165, 1.54) is 30.7 Å². The Labute approximate surface area is 196 Å². The van der Waals surface area contributed by atoms with Gasteiger partial charge in [0.25, 0.3) is 5.56 Å². The van der Waals surface area contributed by atoms with E-state index in [-0.39, 0.29) is 17.0 Å². The molecule has 35 heavy (non-hydrogen) atoms. The minimum absolute atomic E-state index is 0.00490. The second kappa shape index (κ2) is 8.90. The Hall–Kier alpha value is -4.73. The van der Waals surface area contributed by atoms with Crippen molar-refractivity contribution in [3.8, 4) is 28.9 Å². The highest BCUT2D eigenvalue weighted by atomic mass is 19.4. The van der Waals surface area contributed by atoms with Crippen LogP contribution in [-0.4, -0.2) is 19.5 Å². The van der Waals surface area contributed by atoms with Crippen LogP contribution in [0.4, 0.5) is 13.2 Å². The largest absolute Gasteiger partial charge is 0.438 e. The monoisotopic (exact) mass is 476 g/mol. The summed E-state index contributed by atoms with van der Waals surface area (Å²) in [5.74, 6) is 0.228. The fourth-order valence-electron chi connectivity index (χ4n) is 3.44. The van der Waals surface area contributed by atoms with E-state index in [0.29, 0.717) is 17.0 Å². The number of alkyl halides is 3. The number of nitrogens with zero attached hydrogens (tertiary/aromatic N) is 4. The smallest absolute Gasteiger partial charge is 0.421 e. The molecule has 0 amide bonds. The van der Waals surface area contributed by atoms with E-state index in [1.807, 2.05) is 18.2 Å². The first-order valence-electron chi connectivity index (χ1n) is 10.3. The van der Waals surface area contributed by atoms with Crippen LogP contribution in [-0.2, 0) is 6.18 Å². The van der Waals surface area contributed by atoms with Gasteiger partial charge in [-0.3, -0.25) is 9.36 Å². The van der Waals surface area contributed by atoms with E-state index in [4.69, 9.17) is 9.47 Å². The molecule has 3 heterocycles. The van der Waals surface area contributed by atoms with Crippen molar-refractivity contribution in [2.45, 2.75) is 6.18 Å². The molecular formula is C25H15F3N4O3. The van der Waals surface area contributed by atoms with Crippen LogP contribution in [0.25, 0.3) is 16.6 Å². The van der Waals surface area contributed by atoms with Crippen LogP contribution in [0.2, 0.25) is 0 Å². The third kappa shape index (κ3) is 4.54. The Morgan fingerprint density at radius 2 is 1.46 bits per heavy atom. The Bertz CT molecular complexity index is 1570. The van der Waals surface area contributed by atoms with E-state index >= 15 is 0 Å². The molecule has 10 heteroatoms. The molecule has 0 bridgehead atoms. The van der Waals surface area contributed by atoms with Gasteiger partial charge in [-0.25, -0.2) is 9.97 Å². The summed E-state index contributed by atoms with van der Waals surface area (Å²) in [5, 5.41) is 0.129. The summed E-state index contributed by atoms with van der Waals surface area (Å²) in [6.45, 7) is 0. The second-order valence-corrected chi connectivity index (χ2v) is 7.30. The number of hydrogen-bond acceptors (Lipinski definition) is 6. The average molecular weight is 476 g/mol. The van der Waals surface area contributed by atoms with Gasteiger partial charge in [0.15, 0.2) is 0 Å². The van der Waals surface area contributed by atoms with Crippen molar-refractivity contribution in [2.24, 2.45) is 0 Å². The second-order valence-electron chi connectivity index (χ2n) is 7.30. The molecule has 3 aromatic heterocycles. The Kier molecular flexibility index (Phi) is 5.61. The standard InChI is InChI=1S/C25H15F3N4O3/c26-25(27,28)19-8-4-12-29-23(19)35-17-10-11-20-18(14-17)22(33)31-15-32(20)21-9-5-13-30-24(21)34-16-6-2-1-3-7-16/h1-15H. The van der Waals surface area contributed by atoms with Crippen molar-refractivity contribution in [2.75, 3.05) is 0 Å². The molecule has 0 aliphatic heterocycles. The zero-order chi connectivity index (χ0) is 24.4. The van der Waals surface area contributed by atoms with Gasteiger partial charge in [-0.05, 0) is 54.6 Å². The van der Waals surface area contributed by atoms with Gasteiger partial charge in [-0.1, -0.05) is 18.2 Å². The molecule has 0 aliphatic carbocycles. The summed E-state index contributed by atoms with van der Waals surface area (Å²) < 4.78 is 52.8. The van der Waals surface area contributed by atoms with E-state index in [0.717, 1.165) is 6.07 Å². The molecule has 0 radical (unpaired) electrons. The number of rotatable bonds is 5. The van der Waals surface area contributed by atoms with Gasteiger partial charge in [-0.2, -0.15) is 18.2 Å². The first kappa shape index (κ1) is 22.1. The molecule has 0 atom stereocenters. The number of pyridine rings is 2. The summed E-state index contributed by atoms with van der Waals surface area (Å²) in [4.78, 5) is 24.4. The van der Waals surface area contributed by atoms with Crippen LogP contribution in [0.5, 0.6) is 23.3 Å². The van der Waals surface area contributed by atoms with E-state index in [2.05, 4.69) is 15.0 Å². The highest BCUT2D eigenvalue weighted by molar-refractivity contribution is 5.81. The van der Waals surface area contributed by atoms with E-state index in [9.17, 15) is 18.0 Å². The lowest BCUT2D eigenvalue weighted by molar-refractivity contribution is -0.138. The van der Waals surface area contributed by atoms with Crippen LogP contribution < -0.4 is 15.0 Å². The fraction of sp³-hybridized carbons (Fsp3) is 0.0400. The normalized spacial score (nSPS) is 11.4. The number of aromatic nitrogens is 4. The van der Waals surface area contributed by atoms with Gasteiger partial charge in [-0.15, -0.1) is 0 Å². The van der Waals surface area contributed by atoms with Crippen molar-refractivity contribution < 1.29 is 22.6 Å².